The number of nitrogens with zero attached hydrogens (tertiary/aromatic N) is 3. The van der Waals surface area contributed by atoms with Crippen LogP contribution >= 0.6 is 15.9 Å². The third kappa shape index (κ3) is 2.43. The Labute approximate surface area is 121 Å². The minimum atomic E-state index is 0.145. The van der Waals surface area contributed by atoms with E-state index in [1.807, 2.05) is 16.5 Å². The highest BCUT2D eigenvalue weighted by molar-refractivity contribution is 9.10. The third-order valence-electron chi connectivity index (χ3n) is 4.08. The molecule has 1 saturated heterocycles. The molecule has 5 nitrogen and oxygen atoms in total. The number of hydrogen-bond acceptors (Lipinski definition) is 3. The summed E-state index contributed by atoms with van der Waals surface area (Å²) >= 11 is 3.44. The maximum atomic E-state index is 12.5. The summed E-state index contributed by atoms with van der Waals surface area (Å²) in [4.78, 5) is 19.0. The van der Waals surface area contributed by atoms with Crippen molar-refractivity contribution in [2.24, 2.45) is 13.0 Å². The number of hydrogen-bond donors (Lipinski definition) is 0. The van der Waals surface area contributed by atoms with E-state index < -0.39 is 0 Å². The molecule has 0 radical (unpaired) electrons. The number of carbonyl (C=O) groups is 1. The van der Waals surface area contributed by atoms with Gasteiger partial charge in [-0.25, -0.2) is 4.98 Å². The van der Waals surface area contributed by atoms with Crippen LogP contribution in [0.5, 0.6) is 0 Å². The lowest BCUT2D eigenvalue weighted by atomic mass is 9.97. The second-order valence-electron chi connectivity index (χ2n) is 5.23. The van der Waals surface area contributed by atoms with Gasteiger partial charge in [-0.15, -0.1) is 0 Å². The van der Waals surface area contributed by atoms with Crippen LogP contribution in [0.3, 0.4) is 0 Å². The molecule has 1 aromatic rings. The normalized spacial score (nSPS) is 20.4. The molecule has 6 heteroatoms. The molecule has 3 heterocycles. The topological polar surface area (TPSA) is 47.4 Å². The van der Waals surface area contributed by atoms with Gasteiger partial charge < -0.3 is 14.2 Å². The summed E-state index contributed by atoms with van der Waals surface area (Å²) in [7, 11) is 1.98. The Kier molecular flexibility index (Phi) is 3.62. The predicted molar refractivity (Wildman–Crippen MR) is 73.6 cm³/mol. The summed E-state index contributed by atoms with van der Waals surface area (Å²) in [6, 6.07) is 0. The van der Waals surface area contributed by atoms with Crippen LogP contribution in [0.4, 0.5) is 0 Å². The minimum absolute atomic E-state index is 0.145. The largest absolute Gasteiger partial charge is 0.381 e. The fourth-order valence-corrected chi connectivity index (χ4v) is 3.27. The van der Waals surface area contributed by atoms with Crippen molar-refractivity contribution >= 4 is 21.8 Å². The molecule has 104 valence electrons. The van der Waals surface area contributed by atoms with Crippen LogP contribution in [0.2, 0.25) is 0 Å². The molecule has 0 aromatic carbocycles. The Bertz CT molecular complexity index is 494. The molecular weight excluding hydrogens is 310 g/mol. The molecule has 3 rings (SSSR count). The summed E-state index contributed by atoms with van der Waals surface area (Å²) in [6.45, 7) is 2.90. The molecule has 0 spiro atoms. The first-order valence-corrected chi connectivity index (χ1v) is 7.52. The van der Waals surface area contributed by atoms with Crippen LogP contribution in [0.1, 0.15) is 24.2 Å². The molecule has 19 heavy (non-hydrogen) atoms. The van der Waals surface area contributed by atoms with E-state index in [9.17, 15) is 4.79 Å². The van der Waals surface area contributed by atoms with E-state index in [1.165, 1.54) is 0 Å². The van der Waals surface area contributed by atoms with E-state index in [1.54, 1.807) is 0 Å². The minimum Gasteiger partial charge on any atom is -0.381 e. The maximum Gasteiger partial charge on any atom is 0.226 e. The number of carbonyl (C=O) groups excluding carboxylic acids is 1. The molecule has 0 aliphatic carbocycles. The van der Waals surface area contributed by atoms with Crippen LogP contribution in [0.15, 0.2) is 4.73 Å². The monoisotopic (exact) mass is 327 g/mol. The molecule has 1 amide bonds. The molecular formula is C13H18BrN3O2. The second-order valence-corrected chi connectivity index (χ2v) is 5.94. The zero-order valence-corrected chi connectivity index (χ0v) is 12.6. The summed E-state index contributed by atoms with van der Waals surface area (Å²) in [5.41, 5.74) is 2.27. The fraction of sp³-hybridized carbons (Fsp3) is 0.692. The number of halogens is 1. The van der Waals surface area contributed by atoms with E-state index in [4.69, 9.17) is 4.74 Å². The molecule has 0 bridgehead atoms. The van der Waals surface area contributed by atoms with Gasteiger partial charge in [0, 0.05) is 39.1 Å². The summed E-state index contributed by atoms with van der Waals surface area (Å²) < 4.78 is 8.20. The zero-order chi connectivity index (χ0) is 13.4. The third-order valence-corrected chi connectivity index (χ3v) is 4.79. The van der Waals surface area contributed by atoms with E-state index in [0.29, 0.717) is 19.8 Å². The van der Waals surface area contributed by atoms with Crippen LogP contribution in [0, 0.1) is 5.92 Å². The quantitative estimate of drug-likeness (QED) is 0.785. The maximum absolute atomic E-state index is 12.5. The summed E-state index contributed by atoms with van der Waals surface area (Å²) in [5, 5.41) is 0. The van der Waals surface area contributed by atoms with Crippen molar-refractivity contribution in [2.45, 2.75) is 25.8 Å². The highest BCUT2D eigenvalue weighted by Crippen LogP contribution is 2.25. The standard InChI is InChI=1S/C13H18BrN3O2/c1-16-11-8-17(5-2-10(11)15-13(16)14)12(18)9-3-6-19-7-4-9/h9H,2-8H2,1H3. The summed E-state index contributed by atoms with van der Waals surface area (Å²) in [6.07, 6.45) is 2.57. The van der Waals surface area contributed by atoms with Crippen molar-refractivity contribution < 1.29 is 9.53 Å². The van der Waals surface area contributed by atoms with E-state index in [-0.39, 0.29) is 11.8 Å². The molecule has 1 aromatic heterocycles. The van der Waals surface area contributed by atoms with Crippen LogP contribution in [-0.2, 0) is 29.5 Å². The van der Waals surface area contributed by atoms with E-state index in [2.05, 4.69) is 20.9 Å². The van der Waals surface area contributed by atoms with Crippen molar-refractivity contribution in [2.75, 3.05) is 19.8 Å². The Morgan fingerprint density at radius 1 is 1.42 bits per heavy atom. The number of fused-ring (bicyclic) bond motifs is 1. The predicted octanol–water partition coefficient (Wildman–Crippen LogP) is 1.49. The van der Waals surface area contributed by atoms with Crippen LogP contribution < -0.4 is 0 Å². The molecule has 2 aliphatic heterocycles. The number of rotatable bonds is 1. The molecule has 1 fully saturated rings. The van der Waals surface area contributed by atoms with Crippen molar-refractivity contribution in [1.82, 2.24) is 14.5 Å². The molecule has 0 unspecified atom stereocenters. The first-order chi connectivity index (χ1) is 9.16. The van der Waals surface area contributed by atoms with Gasteiger partial charge in [-0.05, 0) is 28.8 Å². The highest BCUT2D eigenvalue weighted by Gasteiger charge is 2.30. The number of ether oxygens (including phenoxy) is 1. The Balaban J connectivity index is 1.74. The average molecular weight is 328 g/mol. The van der Waals surface area contributed by atoms with Gasteiger partial charge in [-0.1, -0.05) is 0 Å². The number of imidazole rings is 1. The van der Waals surface area contributed by atoms with Crippen molar-refractivity contribution in [3.05, 3.63) is 16.1 Å². The lowest BCUT2D eigenvalue weighted by molar-refractivity contribution is -0.139. The van der Waals surface area contributed by atoms with Gasteiger partial charge in [0.15, 0.2) is 4.73 Å². The molecule has 2 aliphatic rings. The lowest BCUT2D eigenvalue weighted by Crippen LogP contribution is -2.41. The lowest BCUT2D eigenvalue weighted by Gasteiger charge is -2.32. The Morgan fingerprint density at radius 2 is 2.16 bits per heavy atom. The van der Waals surface area contributed by atoms with Gasteiger partial charge in [0.05, 0.1) is 17.9 Å². The zero-order valence-electron chi connectivity index (χ0n) is 11.1. The highest BCUT2D eigenvalue weighted by atomic mass is 79.9. The SMILES string of the molecule is Cn1c(Br)nc2c1CN(C(=O)C1CCOCC1)CC2. The van der Waals surface area contributed by atoms with Gasteiger partial charge in [-0.2, -0.15) is 0 Å². The average Bonchev–Trinajstić information content (AvgIpc) is 2.74. The van der Waals surface area contributed by atoms with Gasteiger partial charge in [-0.3, -0.25) is 4.79 Å². The number of amides is 1. The second kappa shape index (κ2) is 5.25. The smallest absolute Gasteiger partial charge is 0.226 e. The van der Waals surface area contributed by atoms with Crippen LogP contribution in [0.25, 0.3) is 0 Å². The van der Waals surface area contributed by atoms with E-state index >= 15 is 0 Å². The summed E-state index contributed by atoms with van der Waals surface area (Å²) in [5.74, 6) is 0.429. The molecule has 0 N–H and O–H groups in total. The molecule has 0 saturated carbocycles. The fourth-order valence-electron chi connectivity index (χ4n) is 2.84. The van der Waals surface area contributed by atoms with Crippen molar-refractivity contribution in [3.63, 3.8) is 0 Å². The Hall–Kier alpha value is -0.880. The Morgan fingerprint density at radius 3 is 2.89 bits per heavy atom. The first-order valence-electron chi connectivity index (χ1n) is 6.73. The van der Waals surface area contributed by atoms with Gasteiger partial charge in [0.1, 0.15) is 0 Å². The van der Waals surface area contributed by atoms with Gasteiger partial charge in [0.2, 0.25) is 5.91 Å². The van der Waals surface area contributed by atoms with Gasteiger partial charge in [0.25, 0.3) is 0 Å². The van der Waals surface area contributed by atoms with E-state index in [0.717, 1.165) is 41.9 Å². The first kappa shape index (κ1) is 13.1. The number of aromatic nitrogens is 2. The van der Waals surface area contributed by atoms with Crippen LogP contribution in [-0.4, -0.2) is 40.1 Å². The van der Waals surface area contributed by atoms with Crippen molar-refractivity contribution in [1.29, 1.82) is 0 Å². The molecule has 0 atom stereocenters. The van der Waals surface area contributed by atoms with Crippen molar-refractivity contribution in [3.8, 4) is 0 Å². The van der Waals surface area contributed by atoms with Gasteiger partial charge >= 0.3 is 0 Å².